The van der Waals surface area contributed by atoms with Gasteiger partial charge >= 0.3 is 0 Å². The van der Waals surface area contributed by atoms with Gasteiger partial charge in [-0.15, -0.1) is 0 Å². The molecule has 0 saturated heterocycles. The van der Waals surface area contributed by atoms with Crippen molar-refractivity contribution in [1.82, 2.24) is 9.55 Å². The van der Waals surface area contributed by atoms with Gasteiger partial charge in [0.15, 0.2) is 0 Å². The Morgan fingerprint density at radius 2 is 2.14 bits per heavy atom. The lowest BCUT2D eigenvalue weighted by Crippen LogP contribution is -2.20. The Balaban J connectivity index is 2.19. The summed E-state index contributed by atoms with van der Waals surface area (Å²) in [5.74, 6) is 1.29. The summed E-state index contributed by atoms with van der Waals surface area (Å²) in [6.45, 7) is 0. The fourth-order valence-electron chi connectivity index (χ4n) is 2.32. The average Bonchev–Trinajstić information content (AvgIpc) is 2.46. The third-order valence-corrected chi connectivity index (χ3v) is 3.17. The highest BCUT2D eigenvalue weighted by Crippen LogP contribution is 2.30. The van der Waals surface area contributed by atoms with Gasteiger partial charge in [-0.3, -0.25) is 0 Å². The maximum atomic E-state index is 9.99. The second-order valence-corrected chi connectivity index (χ2v) is 4.21. The minimum absolute atomic E-state index is 0.196. The van der Waals surface area contributed by atoms with Crippen molar-refractivity contribution in [1.29, 1.82) is 0 Å². The monoisotopic (exact) mass is 194 g/mol. The summed E-state index contributed by atoms with van der Waals surface area (Å²) in [6.07, 6.45) is 9.19. The number of aryl methyl sites for hydroxylation is 1. The van der Waals surface area contributed by atoms with Crippen LogP contribution >= 0.6 is 0 Å². The Kier molecular flexibility index (Phi) is 2.87. The van der Waals surface area contributed by atoms with Gasteiger partial charge in [-0.1, -0.05) is 19.3 Å². The van der Waals surface area contributed by atoms with Crippen molar-refractivity contribution in [2.24, 2.45) is 7.05 Å². The van der Waals surface area contributed by atoms with E-state index in [0.29, 0.717) is 0 Å². The third kappa shape index (κ3) is 1.82. The van der Waals surface area contributed by atoms with Gasteiger partial charge in [0, 0.05) is 25.4 Å². The number of imidazole rings is 1. The van der Waals surface area contributed by atoms with Crippen molar-refractivity contribution < 1.29 is 5.11 Å². The van der Waals surface area contributed by atoms with E-state index in [1.807, 2.05) is 24.0 Å². The lowest BCUT2D eigenvalue weighted by atomic mass is 9.96. The summed E-state index contributed by atoms with van der Waals surface area (Å²) in [6, 6.07) is 0. The molecule has 1 aliphatic rings. The van der Waals surface area contributed by atoms with Crippen LogP contribution in [-0.4, -0.2) is 20.8 Å². The minimum Gasteiger partial charge on any atom is -0.392 e. The molecule has 0 spiro atoms. The number of aliphatic hydroxyl groups is 1. The first-order valence-electron chi connectivity index (χ1n) is 5.44. The first kappa shape index (κ1) is 9.71. The van der Waals surface area contributed by atoms with Crippen molar-refractivity contribution in [2.75, 3.05) is 0 Å². The van der Waals surface area contributed by atoms with Crippen LogP contribution in [0.3, 0.4) is 0 Å². The van der Waals surface area contributed by atoms with Crippen molar-refractivity contribution in [3.05, 3.63) is 18.2 Å². The van der Waals surface area contributed by atoms with Gasteiger partial charge in [-0.2, -0.15) is 0 Å². The molecule has 3 nitrogen and oxygen atoms in total. The molecule has 2 unspecified atom stereocenters. The molecule has 1 saturated carbocycles. The molecule has 1 heterocycles. The highest BCUT2D eigenvalue weighted by atomic mass is 16.3. The molecule has 1 aromatic rings. The number of hydrogen-bond acceptors (Lipinski definition) is 2. The predicted molar refractivity (Wildman–Crippen MR) is 55.0 cm³/mol. The van der Waals surface area contributed by atoms with E-state index in [2.05, 4.69) is 4.98 Å². The normalized spacial score (nSPS) is 28.7. The standard InChI is InChI=1S/C11H18N2O/c1-13-8-7-12-11(13)9-5-3-2-4-6-10(9)14/h7-10,14H,2-6H2,1H3. The Bertz CT molecular complexity index is 295. The number of aromatic nitrogens is 2. The molecular formula is C11H18N2O. The Hall–Kier alpha value is -0.830. The van der Waals surface area contributed by atoms with E-state index >= 15 is 0 Å². The summed E-state index contributed by atoms with van der Waals surface area (Å²) in [5.41, 5.74) is 0. The van der Waals surface area contributed by atoms with E-state index in [1.54, 1.807) is 0 Å². The van der Waals surface area contributed by atoms with Crippen LogP contribution in [0.5, 0.6) is 0 Å². The number of hydrogen-bond donors (Lipinski definition) is 1. The van der Waals surface area contributed by atoms with Crippen LogP contribution in [0.1, 0.15) is 43.8 Å². The van der Waals surface area contributed by atoms with Gasteiger partial charge in [0.2, 0.25) is 0 Å². The third-order valence-electron chi connectivity index (χ3n) is 3.17. The molecule has 1 N–H and O–H groups in total. The van der Waals surface area contributed by atoms with Crippen LogP contribution in [0, 0.1) is 0 Å². The van der Waals surface area contributed by atoms with Gasteiger partial charge in [-0.05, 0) is 12.8 Å². The Morgan fingerprint density at radius 3 is 2.86 bits per heavy atom. The summed E-state index contributed by atoms with van der Waals surface area (Å²) in [7, 11) is 2.00. The number of rotatable bonds is 1. The SMILES string of the molecule is Cn1ccnc1C1CCCCCC1O. The molecule has 0 aliphatic heterocycles. The minimum atomic E-state index is -0.196. The molecule has 0 radical (unpaired) electrons. The van der Waals surface area contributed by atoms with E-state index in [1.165, 1.54) is 12.8 Å². The zero-order chi connectivity index (χ0) is 9.97. The maximum Gasteiger partial charge on any atom is 0.114 e. The van der Waals surface area contributed by atoms with Gasteiger partial charge in [0.05, 0.1) is 6.10 Å². The highest BCUT2D eigenvalue weighted by molar-refractivity contribution is 5.03. The molecule has 0 amide bonds. The van der Waals surface area contributed by atoms with E-state index in [4.69, 9.17) is 0 Å². The molecule has 78 valence electrons. The van der Waals surface area contributed by atoms with Crippen LogP contribution < -0.4 is 0 Å². The summed E-state index contributed by atoms with van der Waals surface area (Å²) < 4.78 is 2.03. The fourth-order valence-corrected chi connectivity index (χ4v) is 2.32. The summed E-state index contributed by atoms with van der Waals surface area (Å²) in [5, 5.41) is 9.99. The average molecular weight is 194 g/mol. The van der Waals surface area contributed by atoms with Crippen LogP contribution in [0.25, 0.3) is 0 Å². The molecule has 2 rings (SSSR count). The highest BCUT2D eigenvalue weighted by Gasteiger charge is 2.25. The second-order valence-electron chi connectivity index (χ2n) is 4.21. The van der Waals surface area contributed by atoms with Crippen molar-refractivity contribution in [2.45, 2.75) is 44.1 Å². The van der Waals surface area contributed by atoms with Crippen molar-refractivity contribution in [3.63, 3.8) is 0 Å². The number of nitrogens with zero attached hydrogens (tertiary/aromatic N) is 2. The largest absolute Gasteiger partial charge is 0.392 e. The molecule has 2 atom stereocenters. The molecule has 14 heavy (non-hydrogen) atoms. The lowest BCUT2D eigenvalue weighted by Gasteiger charge is -2.19. The zero-order valence-corrected chi connectivity index (χ0v) is 8.69. The summed E-state index contributed by atoms with van der Waals surface area (Å²) >= 11 is 0. The summed E-state index contributed by atoms with van der Waals surface area (Å²) in [4.78, 5) is 4.33. The Morgan fingerprint density at radius 1 is 1.36 bits per heavy atom. The molecule has 1 aliphatic carbocycles. The molecule has 0 aromatic carbocycles. The van der Waals surface area contributed by atoms with Gasteiger partial charge in [0.25, 0.3) is 0 Å². The van der Waals surface area contributed by atoms with E-state index in [9.17, 15) is 5.11 Å². The van der Waals surface area contributed by atoms with Crippen LogP contribution in [0.2, 0.25) is 0 Å². The second kappa shape index (κ2) is 4.13. The van der Waals surface area contributed by atoms with Crippen LogP contribution in [0.15, 0.2) is 12.4 Å². The lowest BCUT2D eigenvalue weighted by molar-refractivity contribution is 0.130. The Labute approximate surface area is 84.8 Å². The van der Waals surface area contributed by atoms with Crippen molar-refractivity contribution in [3.8, 4) is 0 Å². The molecule has 1 aromatic heterocycles. The van der Waals surface area contributed by atoms with Crippen molar-refractivity contribution >= 4 is 0 Å². The first-order chi connectivity index (χ1) is 6.79. The predicted octanol–water partition coefficient (Wildman–Crippen LogP) is 1.83. The molecular weight excluding hydrogens is 176 g/mol. The molecule has 1 fully saturated rings. The first-order valence-corrected chi connectivity index (χ1v) is 5.44. The zero-order valence-electron chi connectivity index (χ0n) is 8.69. The molecule has 3 heteroatoms. The van der Waals surface area contributed by atoms with Gasteiger partial charge in [0.1, 0.15) is 5.82 Å². The van der Waals surface area contributed by atoms with Crippen LogP contribution in [0.4, 0.5) is 0 Å². The van der Waals surface area contributed by atoms with E-state index < -0.39 is 0 Å². The number of aliphatic hydroxyl groups excluding tert-OH is 1. The van der Waals surface area contributed by atoms with Gasteiger partial charge < -0.3 is 9.67 Å². The fraction of sp³-hybridized carbons (Fsp3) is 0.727. The topological polar surface area (TPSA) is 38.0 Å². The maximum absolute atomic E-state index is 9.99. The molecule has 0 bridgehead atoms. The smallest absolute Gasteiger partial charge is 0.114 e. The quantitative estimate of drug-likeness (QED) is 0.693. The van der Waals surface area contributed by atoms with Crippen LogP contribution in [-0.2, 0) is 7.05 Å². The van der Waals surface area contributed by atoms with Gasteiger partial charge in [-0.25, -0.2) is 4.98 Å². The van der Waals surface area contributed by atoms with E-state index in [-0.39, 0.29) is 12.0 Å². The van der Waals surface area contributed by atoms with E-state index in [0.717, 1.165) is 25.1 Å².